The van der Waals surface area contributed by atoms with Crippen molar-refractivity contribution in [3.63, 3.8) is 0 Å². The van der Waals surface area contributed by atoms with Gasteiger partial charge in [-0.05, 0) is 17.5 Å². The zero-order valence-electron chi connectivity index (χ0n) is 12.8. The van der Waals surface area contributed by atoms with Gasteiger partial charge in [-0.25, -0.2) is 0 Å². The molecule has 0 atom stereocenters. The maximum atomic E-state index is 11.7. The van der Waals surface area contributed by atoms with E-state index < -0.39 is 0 Å². The smallest absolute Gasteiger partial charge is 0.239 e. The number of ether oxygens (including phenoxy) is 1. The Morgan fingerprint density at radius 3 is 2.43 bits per heavy atom. The number of hydrogen-bond donors (Lipinski definition) is 2. The Morgan fingerprint density at radius 2 is 1.76 bits per heavy atom. The van der Waals surface area contributed by atoms with E-state index in [1.807, 2.05) is 24.3 Å². The Kier molecular flexibility index (Phi) is 8.12. The van der Waals surface area contributed by atoms with E-state index in [-0.39, 0.29) is 18.4 Å². The summed E-state index contributed by atoms with van der Waals surface area (Å²) in [6.07, 6.45) is 1.36. The van der Waals surface area contributed by atoms with Crippen LogP contribution in [-0.4, -0.2) is 25.0 Å². The third-order valence-electron chi connectivity index (χ3n) is 2.97. The number of amides is 2. The third-order valence-corrected chi connectivity index (χ3v) is 2.97. The molecule has 0 aromatic heterocycles. The molecule has 0 radical (unpaired) electrons. The molecule has 1 aromatic rings. The molecular weight excluding hydrogens is 268 g/mol. The van der Waals surface area contributed by atoms with Crippen LogP contribution in [0.15, 0.2) is 24.3 Å². The highest BCUT2D eigenvalue weighted by atomic mass is 16.5. The quantitative estimate of drug-likeness (QED) is 0.681. The molecule has 0 fully saturated rings. The van der Waals surface area contributed by atoms with Crippen LogP contribution in [0, 0.1) is 0 Å². The van der Waals surface area contributed by atoms with Crippen LogP contribution in [0.4, 0.5) is 0 Å². The lowest BCUT2D eigenvalue weighted by molar-refractivity contribution is -0.126. The van der Waals surface area contributed by atoms with Gasteiger partial charge in [0.15, 0.2) is 0 Å². The zero-order valence-corrected chi connectivity index (χ0v) is 12.8. The number of carbonyl (C=O) groups is 2. The van der Waals surface area contributed by atoms with Crippen LogP contribution in [0.5, 0.6) is 0 Å². The van der Waals surface area contributed by atoms with E-state index in [0.29, 0.717) is 19.6 Å². The summed E-state index contributed by atoms with van der Waals surface area (Å²) >= 11 is 0. The van der Waals surface area contributed by atoms with Crippen LogP contribution in [0.1, 0.15) is 37.8 Å². The first-order valence-electron chi connectivity index (χ1n) is 7.35. The van der Waals surface area contributed by atoms with Crippen LogP contribution >= 0.6 is 0 Å². The normalized spacial score (nSPS) is 10.2. The fourth-order valence-corrected chi connectivity index (χ4v) is 1.76. The molecule has 0 aliphatic heterocycles. The van der Waals surface area contributed by atoms with Gasteiger partial charge in [0, 0.05) is 19.6 Å². The van der Waals surface area contributed by atoms with Crippen molar-refractivity contribution in [2.45, 2.75) is 39.8 Å². The summed E-state index contributed by atoms with van der Waals surface area (Å²) in [5.41, 5.74) is 2.10. The van der Waals surface area contributed by atoms with Crippen molar-refractivity contribution in [1.29, 1.82) is 0 Å². The van der Waals surface area contributed by atoms with Gasteiger partial charge in [-0.15, -0.1) is 0 Å². The van der Waals surface area contributed by atoms with E-state index in [2.05, 4.69) is 17.6 Å². The molecule has 2 N–H and O–H groups in total. The largest absolute Gasteiger partial charge is 0.377 e. The highest BCUT2D eigenvalue weighted by Crippen LogP contribution is 2.10. The number of benzene rings is 1. The van der Waals surface area contributed by atoms with Crippen molar-refractivity contribution < 1.29 is 14.3 Å². The number of hydrogen-bond acceptors (Lipinski definition) is 3. The van der Waals surface area contributed by atoms with Gasteiger partial charge in [0.2, 0.25) is 11.8 Å². The molecule has 0 heterocycles. The minimum Gasteiger partial charge on any atom is -0.377 e. The van der Waals surface area contributed by atoms with Crippen LogP contribution < -0.4 is 10.6 Å². The lowest BCUT2D eigenvalue weighted by atomic mass is 10.1. The Bertz CT molecular complexity index is 461. The second kappa shape index (κ2) is 9.94. The molecule has 116 valence electrons. The third kappa shape index (κ3) is 6.90. The van der Waals surface area contributed by atoms with E-state index in [9.17, 15) is 9.59 Å². The SMILES string of the molecule is CCCOCc1ccccc1CNC(=O)CNC(=O)CC. The van der Waals surface area contributed by atoms with Gasteiger partial charge in [0.25, 0.3) is 0 Å². The topological polar surface area (TPSA) is 67.4 Å². The van der Waals surface area contributed by atoms with Crippen LogP contribution in [0.3, 0.4) is 0 Å². The summed E-state index contributed by atoms with van der Waals surface area (Å²) in [6, 6.07) is 7.85. The molecule has 1 rings (SSSR count). The molecule has 0 unspecified atom stereocenters. The van der Waals surface area contributed by atoms with Gasteiger partial charge in [0.05, 0.1) is 13.2 Å². The Hall–Kier alpha value is -1.88. The van der Waals surface area contributed by atoms with Gasteiger partial charge >= 0.3 is 0 Å². The summed E-state index contributed by atoms with van der Waals surface area (Å²) in [5.74, 6) is -0.320. The second-order valence-corrected chi connectivity index (χ2v) is 4.73. The predicted octanol–water partition coefficient (Wildman–Crippen LogP) is 1.76. The number of carbonyl (C=O) groups excluding carboxylic acids is 2. The number of rotatable bonds is 9. The standard InChI is InChI=1S/C16H24N2O3/c1-3-9-21-12-14-8-6-5-7-13(14)10-17-16(20)11-18-15(19)4-2/h5-8H,3-4,9-12H2,1-2H3,(H,17,20)(H,18,19). The van der Waals surface area contributed by atoms with Crippen molar-refractivity contribution >= 4 is 11.8 Å². The number of nitrogens with one attached hydrogen (secondary N) is 2. The molecule has 2 amide bonds. The van der Waals surface area contributed by atoms with E-state index >= 15 is 0 Å². The first-order valence-corrected chi connectivity index (χ1v) is 7.35. The molecule has 5 nitrogen and oxygen atoms in total. The Morgan fingerprint density at radius 1 is 1.05 bits per heavy atom. The van der Waals surface area contributed by atoms with Crippen molar-refractivity contribution in [3.8, 4) is 0 Å². The summed E-state index contributed by atoms with van der Waals surface area (Å²) in [6.45, 7) is 5.54. The molecular formula is C16H24N2O3. The van der Waals surface area contributed by atoms with Gasteiger partial charge < -0.3 is 15.4 Å². The minimum atomic E-state index is -0.193. The molecule has 1 aromatic carbocycles. The molecule has 0 saturated heterocycles. The lowest BCUT2D eigenvalue weighted by Crippen LogP contribution is -2.36. The lowest BCUT2D eigenvalue weighted by Gasteiger charge is -2.11. The molecule has 0 spiro atoms. The van der Waals surface area contributed by atoms with Crippen LogP contribution in [-0.2, 0) is 27.5 Å². The minimum absolute atomic E-state index is 0.0151. The molecule has 0 bridgehead atoms. The fourth-order valence-electron chi connectivity index (χ4n) is 1.76. The van der Waals surface area contributed by atoms with E-state index in [1.165, 1.54) is 0 Å². The first kappa shape index (κ1) is 17.2. The van der Waals surface area contributed by atoms with Crippen LogP contribution in [0.2, 0.25) is 0 Å². The van der Waals surface area contributed by atoms with Gasteiger partial charge in [-0.2, -0.15) is 0 Å². The maximum absolute atomic E-state index is 11.7. The van der Waals surface area contributed by atoms with E-state index in [0.717, 1.165) is 24.2 Å². The van der Waals surface area contributed by atoms with Gasteiger partial charge in [-0.1, -0.05) is 38.1 Å². The van der Waals surface area contributed by atoms with Crippen molar-refractivity contribution in [1.82, 2.24) is 10.6 Å². The highest BCUT2D eigenvalue weighted by molar-refractivity contribution is 5.84. The molecule has 21 heavy (non-hydrogen) atoms. The second-order valence-electron chi connectivity index (χ2n) is 4.73. The molecule has 0 aliphatic rings. The predicted molar refractivity (Wildman–Crippen MR) is 81.5 cm³/mol. The van der Waals surface area contributed by atoms with Crippen molar-refractivity contribution in [3.05, 3.63) is 35.4 Å². The highest BCUT2D eigenvalue weighted by Gasteiger charge is 2.06. The summed E-state index contributed by atoms with van der Waals surface area (Å²) in [4.78, 5) is 22.7. The van der Waals surface area contributed by atoms with Crippen molar-refractivity contribution in [2.24, 2.45) is 0 Å². The fraction of sp³-hybridized carbons (Fsp3) is 0.500. The zero-order chi connectivity index (χ0) is 15.5. The van der Waals surface area contributed by atoms with Gasteiger partial charge in [-0.3, -0.25) is 9.59 Å². The van der Waals surface area contributed by atoms with E-state index in [1.54, 1.807) is 6.92 Å². The summed E-state index contributed by atoms with van der Waals surface area (Å²) in [5, 5.41) is 5.35. The monoisotopic (exact) mass is 292 g/mol. The Labute approximate surface area is 126 Å². The van der Waals surface area contributed by atoms with E-state index in [4.69, 9.17) is 4.74 Å². The first-order chi connectivity index (χ1) is 10.2. The molecule has 0 aliphatic carbocycles. The van der Waals surface area contributed by atoms with Crippen molar-refractivity contribution in [2.75, 3.05) is 13.2 Å². The molecule has 0 saturated carbocycles. The average Bonchev–Trinajstić information content (AvgIpc) is 2.51. The average molecular weight is 292 g/mol. The van der Waals surface area contributed by atoms with Gasteiger partial charge in [0.1, 0.15) is 0 Å². The summed E-state index contributed by atoms with van der Waals surface area (Å²) < 4.78 is 5.54. The Balaban J connectivity index is 2.43. The van der Waals surface area contributed by atoms with Crippen LogP contribution in [0.25, 0.3) is 0 Å². The molecule has 5 heteroatoms. The maximum Gasteiger partial charge on any atom is 0.239 e. The summed E-state index contributed by atoms with van der Waals surface area (Å²) in [7, 11) is 0.